The molecule has 35 heavy (non-hydrogen) atoms. The Kier molecular flexibility index (Phi) is 5.73. The van der Waals surface area contributed by atoms with Crippen molar-refractivity contribution in [3.8, 4) is 0 Å². The van der Waals surface area contributed by atoms with E-state index in [1.54, 1.807) is 0 Å². The number of carboxylic acid groups (broad SMARTS) is 1. The molecule has 11 atom stereocenters. The summed E-state index contributed by atoms with van der Waals surface area (Å²) in [7, 11) is 0. The van der Waals surface area contributed by atoms with E-state index in [2.05, 4.69) is 41.2 Å². The molecule has 0 aliphatic heterocycles. The molecule has 0 unspecified atom stereocenters. The maximum absolute atomic E-state index is 12.8. The molecular formula is C30H48O5. The molecule has 5 aliphatic carbocycles. The molecule has 0 heterocycles. The molecule has 5 aliphatic rings. The minimum absolute atomic E-state index is 0.00348. The highest BCUT2D eigenvalue weighted by Gasteiger charge is 2.73. The van der Waals surface area contributed by atoms with Crippen LogP contribution in [-0.2, 0) is 4.79 Å². The van der Waals surface area contributed by atoms with Gasteiger partial charge < -0.3 is 20.4 Å². The maximum Gasteiger partial charge on any atom is 0.309 e. The predicted molar refractivity (Wildman–Crippen MR) is 135 cm³/mol. The van der Waals surface area contributed by atoms with E-state index in [0.29, 0.717) is 25.2 Å². The third kappa shape index (κ3) is 3.01. The van der Waals surface area contributed by atoms with E-state index in [1.165, 1.54) is 0 Å². The smallest absolute Gasteiger partial charge is 0.309 e. The zero-order chi connectivity index (χ0) is 25.8. The first-order valence-corrected chi connectivity index (χ1v) is 14.1. The molecule has 0 aromatic carbocycles. The third-order valence-corrected chi connectivity index (χ3v) is 13.5. The number of fused-ring (bicyclic) bond motifs is 7. The molecule has 198 valence electrons. The highest BCUT2D eigenvalue weighted by atomic mass is 16.4. The van der Waals surface area contributed by atoms with Crippen molar-refractivity contribution in [2.24, 2.45) is 56.7 Å². The van der Waals surface area contributed by atoms with Crippen molar-refractivity contribution in [3.05, 3.63) is 12.2 Å². The number of aliphatic hydroxyl groups is 3. The fourth-order valence-electron chi connectivity index (χ4n) is 11.6. The van der Waals surface area contributed by atoms with Gasteiger partial charge in [-0.25, -0.2) is 0 Å². The Hall–Kier alpha value is -0.910. The van der Waals surface area contributed by atoms with Crippen LogP contribution in [0, 0.1) is 56.7 Å². The highest BCUT2D eigenvalue weighted by molar-refractivity contribution is 5.76. The first kappa shape index (κ1) is 25.7. The van der Waals surface area contributed by atoms with Crippen molar-refractivity contribution < 1.29 is 25.2 Å². The molecule has 5 nitrogen and oxygen atoms in total. The first-order chi connectivity index (χ1) is 16.2. The SMILES string of the molecule is C=C(CO)[C@@H]1CC[C@]2(C(=O)O)CC[C@]3(C)[C@H](C[C@@H](O)[C@@H]4[C@@]5(C)CC[C@@H](O)C(C)(C)[C@@H]5CC[C@]43C)[C@@H]12. The lowest BCUT2D eigenvalue weighted by Crippen LogP contribution is -2.70. The lowest BCUT2D eigenvalue weighted by Gasteiger charge is -2.73. The number of carboxylic acids is 1. The molecule has 5 fully saturated rings. The van der Waals surface area contributed by atoms with E-state index in [4.69, 9.17) is 0 Å². The van der Waals surface area contributed by atoms with E-state index < -0.39 is 17.5 Å². The minimum Gasteiger partial charge on any atom is -0.481 e. The zero-order valence-corrected chi connectivity index (χ0v) is 22.5. The van der Waals surface area contributed by atoms with Crippen LogP contribution in [0.4, 0.5) is 0 Å². The number of aliphatic hydroxyl groups excluding tert-OH is 3. The molecule has 0 radical (unpaired) electrons. The fraction of sp³-hybridized carbons (Fsp3) is 0.900. The van der Waals surface area contributed by atoms with Gasteiger partial charge in [-0.3, -0.25) is 4.79 Å². The van der Waals surface area contributed by atoms with Gasteiger partial charge in [0.1, 0.15) is 0 Å². The first-order valence-electron chi connectivity index (χ1n) is 14.1. The Bertz CT molecular complexity index is 912. The van der Waals surface area contributed by atoms with Crippen molar-refractivity contribution in [2.75, 3.05) is 6.61 Å². The number of hydrogen-bond donors (Lipinski definition) is 4. The summed E-state index contributed by atoms with van der Waals surface area (Å²) in [6.45, 7) is 15.7. The van der Waals surface area contributed by atoms with Crippen LogP contribution in [0.25, 0.3) is 0 Å². The number of aliphatic carboxylic acids is 1. The predicted octanol–water partition coefficient (Wildman–Crippen LogP) is 5.03. The topological polar surface area (TPSA) is 98.0 Å². The standard InChI is InChI=1S/C30H48O5/c1-17(16-31)18-7-12-30(25(34)35)14-13-28(5)19(23(18)30)15-20(32)24-27(4)10-9-22(33)26(2,3)21(27)8-11-29(24,28)6/h18-24,31-33H,1,7-16H2,2-6H3,(H,34,35)/t18-,19+,20+,21-,22+,23+,24+,27-,28+,29+,30-/m0/s1. The molecule has 5 saturated carbocycles. The van der Waals surface area contributed by atoms with Gasteiger partial charge in [-0.1, -0.05) is 41.2 Å². The molecule has 0 aromatic heterocycles. The normalized spacial score (nSPS) is 54.7. The van der Waals surface area contributed by atoms with Gasteiger partial charge in [0.15, 0.2) is 0 Å². The van der Waals surface area contributed by atoms with Crippen molar-refractivity contribution in [1.82, 2.24) is 0 Å². The summed E-state index contributed by atoms with van der Waals surface area (Å²) >= 11 is 0. The Morgan fingerprint density at radius 2 is 1.60 bits per heavy atom. The largest absolute Gasteiger partial charge is 0.481 e. The Morgan fingerprint density at radius 1 is 0.914 bits per heavy atom. The Morgan fingerprint density at radius 3 is 2.23 bits per heavy atom. The van der Waals surface area contributed by atoms with Gasteiger partial charge in [-0.15, -0.1) is 0 Å². The van der Waals surface area contributed by atoms with Crippen molar-refractivity contribution in [1.29, 1.82) is 0 Å². The second-order valence-corrected chi connectivity index (χ2v) is 14.6. The summed E-state index contributed by atoms with van der Waals surface area (Å²) in [5, 5.41) is 43.4. The van der Waals surface area contributed by atoms with E-state index in [-0.39, 0.29) is 58.0 Å². The lowest BCUT2D eigenvalue weighted by atomic mass is 9.31. The van der Waals surface area contributed by atoms with Crippen LogP contribution < -0.4 is 0 Å². The molecule has 0 aromatic rings. The molecule has 0 amide bonds. The van der Waals surface area contributed by atoms with E-state index in [9.17, 15) is 25.2 Å². The monoisotopic (exact) mass is 488 g/mol. The second kappa shape index (κ2) is 7.80. The van der Waals surface area contributed by atoms with Gasteiger partial charge in [0.2, 0.25) is 0 Å². The minimum atomic E-state index is -0.770. The third-order valence-electron chi connectivity index (χ3n) is 13.5. The van der Waals surface area contributed by atoms with Crippen LogP contribution in [-0.4, -0.2) is 45.2 Å². The summed E-state index contributed by atoms with van der Waals surface area (Å²) in [6.07, 6.45) is 6.60. The lowest BCUT2D eigenvalue weighted by molar-refractivity contribution is -0.276. The van der Waals surface area contributed by atoms with Gasteiger partial charge in [0, 0.05) is 0 Å². The van der Waals surface area contributed by atoms with Crippen molar-refractivity contribution >= 4 is 5.97 Å². The molecule has 0 bridgehead atoms. The van der Waals surface area contributed by atoms with Gasteiger partial charge in [-0.2, -0.15) is 0 Å². The van der Waals surface area contributed by atoms with Crippen molar-refractivity contribution in [3.63, 3.8) is 0 Å². The van der Waals surface area contributed by atoms with Gasteiger partial charge in [0.05, 0.1) is 24.2 Å². The molecule has 0 spiro atoms. The fourth-order valence-corrected chi connectivity index (χ4v) is 11.6. The van der Waals surface area contributed by atoms with Crippen LogP contribution in [0.5, 0.6) is 0 Å². The van der Waals surface area contributed by atoms with Crippen LogP contribution in [0.1, 0.15) is 92.4 Å². The summed E-state index contributed by atoms with van der Waals surface area (Å²) in [4.78, 5) is 12.8. The van der Waals surface area contributed by atoms with Gasteiger partial charge in [-0.05, 0) is 115 Å². The van der Waals surface area contributed by atoms with Crippen LogP contribution in [0.2, 0.25) is 0 Å². The number of hydrogen-bond acceptors (Lipinski definition) is 4. The average molecular weight is 489 g/mol. The summed E-state index contributed by atoms with van der Waals surface area (Å²) < 4.78 is 0. The number of carbonyl (C=O) groups is 1. The quantitative estimate of drug-likeness (QED) is 0.418. The van der Waals surface area contributed by atoms with Gasteiger partial charge in [0.25, 0.3) is 0 Å². The van der Waals surface area contributed by atoms with Crippen LogP contribution >= 0.6 is 0 Å². The van der Waals surface area contributed by atoms with Crippen LogP contribution in [0.15, 0.2) is 12.2 Å². The summed E-state index contributed by atoms with van der Waals surface area (Å²) in [5.41, 5.74) is -0.401. The molecule has 5 heteroatoms. The maximum atomic E-state index is 12.8. The van der Waals surface area contributed by atoms with Crippen molar-refractivity contribution in [2.45, 2.75) is 105 Å². The van der Waals surface area contributed by atoms with E-state index >= 15 is 0 Å². The number of rotatable bonds is 3. The van der Waals surface area contributed by atoms with E-state index in [1.807, 2.05) is 0 Å². The molecule has 0 saturated heterocycles. The van der Waals surface area contributed by atoms with Gasteiger partial charge >= 0.3 is 5.97 Å². The highest BCUT2D eigenvalue weighted by Crippen LogP contribution is 2.77. The zero-order valence-electron chi connectivity index (χ0n) is 22.5. The Balaban J connectivity index is 1.60. The Labute approximate surface area is 211 Å². The van der Waals surface area contributed by atoms with Crippen LogP contribution in [0.3, 0.4) is 0 Å². The molecular weight excluding hydrogens is 440 g/mol. The molecule has 5 rings (SSSR count). The summed E-state index contributed by atoms with van der Waals surface area (Å²) in [5.74, 6) is -0.175. The van der Waals surface area contributed by atoms with E-state index in [0.717, 1.165) is 44.1 Å². The molecule has 4 N–H and O–H groups in total. The summed E-state index contributed by atoms with van der Waals surface area (Å²) in [6, 6.07) is 0. The second-order valence-electron chi connectivity index (χ2n) is 14.6. The average Bonchev–Trinajstić information content (AvgIpc) is 3.18.